The Kier molecular flexibility index (Phi) is 4.03. The lowest BCUT2D eigenvalue weighted by Gasteiger charge is -2.13. The quantitative estimate of drug-likeness (QED) is 0.779. The number of halogens is 1. The Labute approximate surface area is 127 Å². The molecule has 0 aliphatic heterocycles. The summed E-state index contributed by atoms with van der Waals surface area (Å²) in [5, 5.41) is 8.54. The van der Waals surface area contributed by atoms with E-state index in [9.17, 15) is 4.39 Å². The zero-order chi connectivity index (χ0) is 14.8. The molecule has 110 valence electrons. The Morgan fingerprint density at radius 2 is 2.24 bits per heavy atom. The van der Waals surface area contributed by atoms with Gasteiger partial charge in [0.1, 0.15) is 5.82 Å². The van der Waals surface area contributed by atoms with Crippen LogP contribution < -0.4 is 5.32 Å². The van der Waals surface area contributed by atoms with E-state index in [1.807, 2.05) is 37.2 Å². The fourth-order valence-electron chi connectivity index (χ4n) is 2.55. The number of nitrogens with zero attached hydrogens (tertiary/aromatic N) is 2. The molecule has 1 unspecified atom stereocenters. The Balaban J connectivity index is 1.77. The zero-order valence-electron chi connectivity index (χ0n) is 12.1. The van der Waals surface area contributed by atoms with Gasteiger partial charge in [-0.25, -0.2) is 4.39 Å². The average molecular weight is 303 g/mol. The predicted octanol–water partition coefficient (Wildman–Crippen LogP) is 3.67. The molecule has 2 aromatic heterocycles. The Morgan fingerprint density at radius 3 is 2.95 bits per heavy atom. The van der Waals surface area contributed by atoms with Crippen molar-refractivity contribution in [2.45, 2.75) is 18.9 Å². The number of nitrogens with one attached hydrogen (secondary N) is 1. The van der Waals surface area contributed by atoms with E-state index in [1.54, 1.807) is 17.4 Å². The number of aryl methyl sites for hydroxylation is 2. The van der Waals surface area contributed by atoms with E-state index in [2.05, 4.69) is 16.5 Å². The lowest BCUT2D eigenvalue weighted by molar-refractivity contribution is 0.558. The summed E-state index contributed by atoms with van der Waals surface area (Å²) in [7, 11) is 3.90. The van der Waals surface area contributed by atoms with Crippen molar-refractivity contribution in [3.8, 4) is 0 Å². The number of fused-ring (bicyclic) bond motifs is 1. The van der Waals surface area contributed by atoms with Crippen LogP contribution in [0.2, 0.25) is 0 Å². The molecule has 0 saturated heterocycles. The van der Waals surface area contributed by atoms with Crippen LogP contribution in [0.15, 0.2) is 36.7 Å². The number of hydrogen-bond donors (Lipinski definition) is 1. The molecule has 1 atom stereocenters. The molecule has 1 aromatic carbocycles. The van der Waals surface area contributed by atoms with Crippen molar-refractivity contribution in [2.24, 2.45) is 7.05 Å². The molecule has 3 aromatic rings. The van der Waals surface area contributed by atoms with Gasteiger partial charge in [-0.1, -0.05) is 0 Å². The highest BCUT2D eigenvalue weighted by atomic mass is 32.1. The fraction of sp³-hybridized carbons (Fsp3) is 0.312. The minimum Gasteiger partial charge on any atom is -0.312 e. The average Bonchev–Trinajstić information content (AvgIpc) is 3.05. The summed E-state index contributed by atoms with van der Waals surface area (Å²) in [6.45, 7) is 0. The second-order valence-corrected chi connectivity index (χ2v) is 6.35. The number of rotatable bonds is 5. The number of thiophene rings is 1. The largest absolute Gasteiger partial charge is 0.312 e. The van der Waals surface area contributed by atoms with Gasteiger partial charge in [-0.2, -0.15) is 5.10 Å². The molecule has 5 heteroatoms. The first-order valence-electron chi connectivity index (χ1n) is 6.99. The number of hydrogen-bond acceptors (Lipinski definition) is 3. The van der Waals surface area contributed by atoms with Crippen molar-refractivity contribution < 1.29 is 4.39 Å². The summed E-state index contributed by atoms with van der Waals surface area (Å²) in [5.74, 6) is -0.178. The molecule has 21 heavy (non-hydrogen) atoms. The monoisotopic (exact) mass is 303 g/mol. The molecule has 0 aliphatic rings. The fourth-order valence-corrected chi connectivity index (χ4v) is 3.74. The zero-order valence-corrected chi connectivity index (χ0v) is 13.0. The minimum absolute atomic E-state index is 0.178. The summed E-state index contributed by atoms with van der Waals surface area (Å²) in [6, 6.07) is 7.35. The van der Waals surface area contributed by atoms with Gasteiger partial charge in [0.15, 0.2) is 0 Å². The molecule has 0 saturated carbocycles. The summed E-state index contributed by atoms with van der Waals surface area (Å²) in [5.41, 5.74) is 1.24. The number of aromatic nitrogens is 2. The first-order valence-corrected chi connectivity index (χ1v) is 7.81. The van der Waals surface area contributed by atoms with E-state index >= 15 is 0 Å². The van der Waals surface area contributed by atoms with Gasteiger partial charge in [0.2, 0.25) is 0 Å². The molecule has 0 bridgehead atoms. The van der Waals surface area contributed by atoms with Gasteiger partial charge in [0.05, 0.1) is 6.20 Å². The van der Waals surface area contributed by atoms with Crippen LogP contribution in [0.1, 0.15) is 22.9 Å². The van der Waals surface area contributed by atoms with Crippen molar-refractivity contribution in [1.29, 1.82) is 0 Å². The second kappa shape index (κ2) is 5.95. The third-order valence-corrected chi connectivity index (χ3v) is 4.90. The normalized spacial score (nSPS) is 12.9. The van der Waals surface area contributed by atoms with E-state index in [0.717, 1.165) is 22.9 Å². The van der Waals surface area contributed by atoms with Crippen molar-refractivity contribution in [3.05, 3.63) is 52.9 Å². The molecule has 0 amide bonds. The molecule has 0 aliphatic carbocycles. The summed E-state index contributed by atoms with van der Waals surface area (Å²) in [6.07, 6.45) is 5.93. The predicted molar refractivity (Wildman–Crippen MR) is 85.1 cm³/mol. The highest BCUT2D eigenvalue weighted by Crippen LogP contribution is 2.32. The van der Waals surface area contributed by atoms with Crippen LogP contribution >= 0.6 is 11.3 Å². The molecule has 0 spiro atoms. The molecular formula is C16H18FN3S. The Morgan fingerprint density at radius 1 is 1.38 bits per heavy atom. The summed E-state index contributed by atoms with van der Waals surface area (Å²) in [4.78, 5) is 1.25. The molecule has 1 N–H and O–H groups in total. The van der Waals surface area contributed by atoms with E-state index < -0.39 is 0 Å². The maximum Gasteiger partial charge on any atom is 0.123 e. The molecule has 0 radical (unpaired) electrons. The van der Waals surface area contributed by atoms with Crippen LogP contribution in [0.3, 0.4) is 0 Å². The smallest absolute Gasteiger partial charge is 0.123 e. The maximum atomic E-state index is 13.3. The third kappa shape index (κ3) is 3.14. The SMILES string of the molecule is CNC(CCc1cnn(C)c1)c1cc2cc(F)ccc2s1. The van der Waals surface area contributed by atoms with Gasteiger partial charge >= 0.3 is 0 Å². The first-order chi connectivity index (χ1) is 10.2. The summed E-state index contributed by atoms with van der Waals surface area (Å²) >= 11 is 1.73. The van der Waals surface area contributed by atoms with Gasteiger partial charge in [-0.15, -0.1) is 11.3 Å². The first kappa shape index (κ1) is 14.2. The highest BCUT2D eigenvalue weighted by Gasteiger charge is 2.13. The second-order valence-electron chi connectivity index (χ2n) is 5.23. The lowest BCUT2D eigenvalue weighted by Crippen LogP contribution is -2.15. The molecule has 3 nitrogen and oxygen atoms in total. The van der Waals surface area contributed by atoms with E-state index in [-0.39, 0.29) is 11.9 Å². The molecule has 2 heterocycles. The van der Waals surface area contributed by atoms with Crippen LogP contribution in [0.25, 0.3) is 10.1 Å². The van der Waals surface area contributed by atoms with Crippen molar-refractivity contribution >= 4 is 21.4 Å². The lowest BCUT2D eigenvalue weighted by atomic mass is 10.1. The summed E-state index contributed by atoms with van der Waals surface area (Å²) < 4.78 is 16.2. The van der Waals surface area contributed by atoms with Crippen LogP contribution in [-0.2, 0) is 13.5 Å². The Bertz CT molecular complexity index is 747. The van der Waals surface area contributed by atoms with Crippen molar-refractivity contribution in [2.75, 3.05) is 7.05 Å². The molecule has 0 fully saturated rings. The topological polar surface area (TPSA) is 29.9 Å². The van der Waals surface area contributed by atoms with E-state index in [1.165, 1.54) is 16.5 Å². The molecule has 3 rings (SSSR count). The van der Waals surface area contributed by atoms with Crippen LogP contribution in [0.5, 0.6) is 0 Å². The van der Waals surface area contributed by atoms with Crippen LogP contribution in [-0.4, -0.2) is 16.8 Å². The van der Waals surface area contributed by atoms with Gasteiger partial charge < -0.3 is 5.32 Å². The van der Waals surface area contributed by atoms with Crippen LogP contribution in [0.4, 0.5) is 4.39 Å². The minimum atomic E-state index is -0.178. The standard InChI is InChI=1S/C16H18FN3S/c1-18-14(5-3-11-9-19-20(2)10-11)16-8-12-7-13(17)4-6-15(12)21-16/h4,6-10,14,18H,3,5H2,1-2H3. The Hall–Kier alpha value is -1.72. The third-order valence-electron chi connectivity index (χ3n) is 3.67. The van der Waals surface area contributed by atoms with Crippen LogP contribution in [0, 0.1) is 5.82 Å². The van der Waals surface area contributed by atoms with Crippen molar-refractivity contribution in [1.82, 2.24) is 15.1 Å². The van der Waals surface area contributed by atoms with E-state index in [0.29, 0.717) is 0 Å². The molecular weight excluding hydrogens is 285 g/mol. The highest BCUT2D eigenvalue weighted by molar-refractivity contribution is 7.19. The van der Waals surface area contributed by atoms with E-state index in [4.69, 9.17) is 0 Å². The van der Waals surface area contributed by atoms with Crippen molar-refractivity contribution in [3.63, 3.8) is 0 Å². The van der Waals surface area contributed by atoms with Gasteiger partial charge in [-0.05, 0) is 55.1 Å². The van der Waals surface area contributed by atoms with Gasteiger partial charge in [0.25, 0.3) is 0 Å². The van der Waals surface area contributed by atoms with Gasteiger partial charge in [-0.3, -0.25) is 4.68 Å². The number of benzene rings is 1. The maximum absolute atomic E-state index is 13.3. The van der Waals surface area contributed by atoms with Gasteiger partial charge in [0, 0.05) is 28.9 Å².